The highest BCUT2D eigenvalue weighted by atomic mass is 35.5. The van der Waals surface area contributed by atoms with E-state index in [2.05, 4.69) is 24.9 Å². The second-order valence-corrected chi connectivity index (χ2v) is 7.64. The highest BCUT2D eigenvalue weighted by Gasteiger charge is 2.37. The van der Waals surface area contributed by atoms with Gasteiger partial charge in [0.05, 0.1) is 4.34 Å². The number of thiophene rings is 1. The molecule has 1 aromatic rings. The van der Waals surface area contributed by atoms with E-state index < -0.39 is 0 Å². The van der Waals surface area contributed by atoms with Gasteiger partial charge in [0.15, 0.2) is 0 Å². The summed E-state index contributed by atoms with van der Waals surface area (Å²) < 4.78 is 0.875. The molecule has 0 saturated heterocycles. The van der Waals surface area contributed by atoms with Crippen molar-refractivity contribution >= 4 is 22.9 Å². The molecular weight excluding hydrogens is 276 g/mol. The quantitative estimate of drug-likeness (QED) is 0.886. The van der Waals surface area contributed by atoms with E-state index in [1.807, 2.05) is 6.07 Å². The topological polar surface area (TPSA) is 29.3 Å². The maximum atomic E-state index is 6.12. The predicted octanol–water partition coefficient (Wildman–Crippen LogP) is 4.13. The molecule has 1 heterocycles. The van der Waals surface area contributed by atoms with Crippen LogP contribution in [0, 0.1) is 5.92 Å². The molecule has 1 aliphatic carbocycles. The van der Waals surface area contributed by atoms with Gasteiger partial charge in [0.2, 0.25) is 0 Å². The van der Waals surface area contributed by atoms with Gasteiger partial charge in [0.1, 0.15) is 0 Å². The fraction of sp³-hybridized carbons (Fsp3) is 0.733. The van der Waals surface area contributed by atoms with Crippen molar-refractivity contribution < 1.29 is 0 Å². The van der Waals surface area contributed by atoms with Crippen LogP contribution >= 0.6 is 22.9 Å². The fourth-order valence-corrected chi connectivity index (χ4v) is 4.34. The van der Waals surface area contributed by atoms with Gasteiger partial charge in [-0.25, -0.2) is 0 Å². The Morgan fingerprint density at radius 3 is 2.58 bits per heavy atom. The van der Waals surface area contributed by atoms with Crippen molar-refractivity contribution in [1.29, 1.82) is 0 Å². The molecule has 1 fully saturated rings. The summed E-state index contributed by atoms with van der Waals surface area (Å²) in [5, 5.41) is 0. The maximum Gasteiger partial charge on any atom is 0.0931 e. The van der Waals surface area contributed by atoms with Crippen molar-refractivity contribution in [2.24, 2.45) is 11.7 Å². The summed E-state index contributed by atoms with van der Waals surface area (Å²) in [4.78, 5) is 3.79. The predicted molar refractivity (Wildman–Crippen MR) is 84.8 cm³/mol. The molecule has 0 aromatic carbocycles. The Balaban J connectivity index is 2.00. The molecule has 0 bridgehead atoms. The van der Waals surface area contributed by atoms with Crippen LogP contribution in [-0.2, 0) is 6.54 Å². The molecule has 108 valence electrons. The first kappa shape index (κ1) is 15.3. The van der Waals surface area contributed by atoms with E-state index in [4.69, 9.17) is 17.3 Å². The van der Waals surface area contributed by atoms with E-state index >= 15 is 0 Å². The number of nitrogens with zero attached hydrogens (tertiary/aromatic N) is 1. The van der Waals surface area contributed by atoms with Crippen molar-refractivity contribution in [2.45, 2.75) is 51.1 Å². The lowest BCUT2D eigenvalue weighted by Crippen LogP contribution is -2.53. The molecule has 2 N–H and O–H groups in total. The summed E-state index contributed by atoms with van der Waals surface area (Å²) in [7, 11) is 2.22. The first-order valence-corrected chi connectivity index (χ1v) is 8.44. The molecule has 19 heavy (non-hydrogen) atoms. The fourth-order valence-electron chi connectivity index (χ4n) is 3.20. The number of hydrogen-bond donors (Lipinski definition) is 1. The molecule has 1 aromatic heterocycles. The molecule has 1 aliphatic rings. The van der Waals surface area contributed by atoms with Crippen LogP contribution in [0.25, 0.3) is 0 Å². The molecule has 0 radical (unpaired) electrons. The molecule has 0 aliphatic heterocycles. The van der Waals surface area contributed by atoms with Gasteiger partial charge in [-0.3, -0.25) is 4.90 Å². The van der Waals surface area contributed by atoms with Crippen molar-refractivity contribution in [3.05, 3.63) is 21.3 Å². The van der Waals surface area contributed by atoms with Crippen molar-refractivity contribution in [2.75, 3.05) is 13.6 Å². The van der Waals surface area contributed by atoms with Crippen molar-refractivity contribution in [3.8, 4) is 0 Å². The van der Waals surface area contributed by atoms with E-state index in [0.717, 1.165) is 23.3 Å². The highest BCUT2D eigenvalue weighted by Crippen LogP contribution is 2.37. The third-order valence-electron chi connectivity index (χ3n) is 4.82. The zero-order valence-corrected chi connectivity index (χ0v) is 13.6. The highest BCUT2D eigenvalue weighted by molar-refractivity contribution is 7.16. The van der Waals surface area contributed by atoms with Gasteiger partial charge in [0.25, 0.3) is 0 Å². The third kappa shape index (κ3) is 3.52. The molecule has 4 heteroatoms. The third-order valence-corrected chi connectivity index (χ3v) is 6.04. The molecule has 2 rings (SSSR count). The van der Waals surface area contributed by atoms with E-state index in [-0.39, 0.29) is 5.54 Å². The van der Waals surface area contributed by atoms with Gasteiger partial charge in [-0.1, -0.05) is 24.9 Å². The second kappa shape index (κ2) is 6.57. The monoisotopic (exact) mass is 300 g/mol. The summed E-state index contributed by atoms with van der Waals surface area (Å²) in [6.45, 7) is 4.03. The van der Waals surface area contributed by atoms with Crippen molar-refractivity contribution in [1.82, 2.24) is 4.90 Å². The summed E-state index contributed by atoms with van der Waals surface area (Å²) in [6.07, 6.45) is 6.42. The van der Waals surface area contributed by atoms with E-state index in [0.29, 0.717) is 0 Å². The average molecular weight is 301 g/mol. The molecule has 0 amide bonds. The molecule has 0 atom stereocenters. The Bertz CT molecular complexity index is 397. The van der Waals surface area contributed by atoms with Crippen LogP contribution < -0.4 is 5.73 Å². The van der Waals surface area contributed by atoms with E-state index in [1.54, 1.807) is 11.3 Å². The van der Waals surface area contributed by atoms with Crippen LogP contribution in [0.3, 0.4) is 0 Å². The van der Waals surface area contributed by atoms with Crippen molar-refractivity contribution in [3.63, 3.8) is 0 Å². The van der Waals surface area contributed by atoms with Crippen LogP contribution in [0.1, 0.15) is 43.9 Å². The lowest BCUT2D eigenvalue weighted by Gasteiger charge is -2.46. The number of likely N-dealkylation sites (N-methyl/N-ethyl adjacent to an activating group) is 1. The first-order valence-electron chi connectivity index (χ1n) is 7.25. The molecule has 1 saturated carbocycles. The Hall–Kier alpha value is -0.0900. The molecule has 0 spiro atoms. The lowest BCUT2D eigenvalue weighted by molar-refractivity contribution is 0.0587. The summed E-state index contributed by atoms with van der Waals surface area (Å²) in [6, 6.07) is 4.11. The van der Waals surface area contributed by atoms with Crippen LogP contribution in [0.2, 0.25) is 4.34 Å². The largest absolute Gasteiger partial charge is 0.329 e. The minimum atomic E-state index is 0.197. The van der Waals surface area contributed by atoms with Crippen LogP contribution in [-0.4, -0.2) is 24.0 Å². The van der Waals surface area contributed by atoms with Gasteiger partial charge in [-0.15, -0.1) is 11.3 Å². The van der Waals surface area contributed by atoms with Gasteiger partial charge in [0, 0.05) is 23.5 Å². The zero-order chi connectivity index (χ0) is 13.9. The van der Waals surface area contributed by atoms with Gasteiger partial charge in [-0.05, 0) is 50.8 Å². The lowest BCUT2D eigenvalue weighted by atomic mass is 9.74. The van der Waals surface area contributed by atoms with Crippen LogP contribution in [0.4, 0.5) is 0 Å². The maximum absolute atomic E-state index is 6.12. The molecule has 0 unspecified atom stereocenters. The summed E-state index contributed by atoms with van der Waals surface area (Å²) in [5.74, 6) is 0.907. The Labute approximate surface area is 125 Å². The van der Waals surface area contributed by atoms with Gasteiger partial charge >= 0.3 is 0 Å². The minimum absolute atomic E-state index is 0.197. The number of nitrogens with two attached hydrogens (primary N) is 1. The molecule has 2 nitrogen and oxygen atoms in total. The van der Waals surface area contributed by atoms with Crippen LogP contribution in [0.5, 0.6) is 0 Å². The number of hydrogen-bond acceptors (Lipinski definition) is 3. The van der Waals surface area contributed by atoms with E-state index in [1.165, 1.54) is 37.0 Å². The Morgan fingerprint density at radius 2 is 2.11 bits per heavy atom. The van der Waals surface area contributed by atoms with E-state index in [9.17, 15) is 0 Å². The molecular formula is C15H25ClN2S. The first-order chi connectivity index (χ1) is 9.09. The minimum Gasteiger partial charge on any atom is -0.329 e. The SMILES string of the molecule is CCC1CCC(CN)(N(C)Cc2ccc(Cl)s2)CC1. The standard InChI is InChI=1S/C15H25ClN2S/c1-3-12-6-8-15(11-17,9-7-12)18(2)10-13-4-5-14(16)19-13/h4-5,12H,3,6-11,17H2,1-2H3. The average Bonchev–Trinajstić information content (AvgIpc) is 2.84. The Morgan fingerprint density at radius 1 is 1.42 bits per heavy atom. The number of halogens is 1. The second-order valence-electron chi connectivity index (χ2n) is 5.84. The normalized spacial score (nSPS) is 27.9. The van der Waals surface area contributed by atoms with Gasteiger partial charge < -0.3 is 5.73 Å². The zero-order valence-electron chi connectivity index (χ0n) is 12.0. The summed E-state index contributed by atoms with van der Waals surface area (Å²) >= 11 is 7.69. The smallest absolute Gasteiger partial charge is 0.0931 e. The van der Waals surface area contributed by atoms with Crippen LogP contribution in [0.15, 0.2) is 12.1 Å². The van der Waals surface area contributed by atoms with Gasteiger partial charge in [-0.2, -0.15) is 0 Å². The number of rotatable bonds is 5. The summed E-state index contributed by atoms with van der Waals surface area (Å²) in [5.41, 5.74) is 6.32. The Kier molecular flexibility index (Phi) is 5.29.